The van der Waals surface area contributed by atoms with Crippen LogP contribution in [0, 0.1) is 6.92 Å². The molecule has 2 N–H and O–H groups in total. The number of hydrogen-bond donors (Lipinski definition) is 1. The minimum Gasteiger partial charge on any atom is -0.465 e. The summed E-state index contributed by atoms with van der Waals surface area (Å²) in [5, 5.41) is 1.83. The SMILES string of the molecule is COC(=O)c1scc(C)c1N.Cl. The van der Waals surface area contributed by atoms with Crippen molar-refractivity contribution in [1.29, 1.82) is 0 Å². The van der Waals surface area contributed by atoms with E-state index >= 15 is 0 Å². The summed E-state index contributed by atoms with van der Waals surface area (Å²) in [5.41, 5.74) is 7.04. The van der Waals surface area contributed by atoms with E-state index in [2.05, 4.69) is 4.74 Å². The van der Waals surface area contributed by atoms with Crippen LogP contribution in [-0.2, 0) is 4.74 Å². The lowest BCUT2D eigenvalue weighted by Crippen LogP contribution is -2.01. The van der Waals surface area contributed by atoms with Gasteiger partial charge >= 0.3 is 5.97 Å². The molecular weight excluding hydrogens is 198 g/mol. The van der Waals surface area contributed by atoms with Gasteiger partial charge in [-0.1, -0.05) is 0 Å². The molecule has 0 radical (unpaired) electrons. The van der Waals surface area contributed by atoms with Gasteiger partial charge in [-0.15, -0.1) is 23.7 Å². The topological polar surface area (TPSA) is 52.3 Å². The lowest BCUT2D eigenvalue weighted by molar-refractivity contribution is 0.0607. The summed E-state index contributed by atoms with van der Waals surface area (Å²) < 4.78 is 4.52. The number of methoxy groups -OCH3 is 1. The Hall–Kier alpha value is -0.740. The van der Waals surface area contributed by atoms with Crippen LogP contribution >= 0.6 is 23.7 Å². The van der Waals surface area contributed by atoms with Gasteiger partial charge in [0, 0.05) is 0 Å². The summed E-state index contributed by atoms with van der Waals surface area (Å²) in [5.74, 6) is -0.361. The first-order chi connectivity index (χ1) is 5.16. The molecule has 0 aromatic carbocycles. The van der Waals surface area contributed by atoms with Gasteiger partial charge in [-0.3, -0.25) is 0 Å². The zero-order valence-corrected chi connectivity index (χ0v) is 8.42. The highest BCUT2D eigenvalue weighted by atomic mass is 35.5. The monoisotopic (exact) mass is 207 g/mol. The average molecular weight is 208 g/mol. The predicted molar refractivity (Wildman–Crippen MR) is 52.1 cm³/mol. The average Bonchev–Trinajstić information content (AvgIpc) is 2.32. The molecule has 0 amide bonds. The number of rotatable bonds is 1. The van der Waals surface area contributed by atoms with Crippen LogP contribution in [0.25, 0.3) is 0 Å². The Labute approximate surface area is 80.9 Å². The van der Waals surface area contributed by atoms with Gasteiger partial charge in [-0.05, 0) is 17.9 Å². The van der Waals surface area contributed by atoms with Gasteiger partial charge in [-0.25, -0.2) is 4.79 Å². The molecule has 1 heterocycles. The minimum atomic E-state index is -0.361. The van der Waals surface area contributed by atoms with Crippen molar-refractivity contribution in [3.63, 3.8) is 0 Å². The van der Waals surface area contributed by atoms with E-state index in [4.69, 9.17) is 5.73 Å². The van der Waals surface area contributed by atoms with Crippen LogP contribution in [0.4, 0.5) is 5.69 Å². The lowest BCUT2D eigenvalue weighted by atomic mass is 10.3. The van der Waals surface area contributed by atoms with Crippen molar-refractivity contribution < 1.29 is 9.53 Å². The van der Waals surface area contributed by atoms with E-state index in [1.54, 1.807) is 0 Å². The van der Waals surface area contributed by atoms with Gasteiger partial charge in [0.2, 0.25) is 0 Å². The van der Waals surface area contributed by atoms with E-state index in [1.165, 1.54) is 18.4 Å². The molecule has 0 bridgehead atoms. The molecule has 0 fully saturated rings. The number of halogens is 1. The van der Waals surface area contributed by atoms with E-state index in [0.717, 1.165) is 5.56 Å². The fourth-order valence-electron chi connectivity index (χ4n) is 0.704. The maximum Gasteiger partial charge on any atom is 0.350 e. The van der Waals surface area contributed by atoms with Gasteiger partial charge in [-0.2, -0.15) is 0 Å². The molecule has 0 unspecified atom stereocenters. The van der Waals surface area contributed by atoms with E-state index < -0.39 is 0 Å². The molecule has 68 valence electrons. The van der Waals surface area contributed by atoms with Crippen LogP contribution in [0.3, 0.4) is 0 Å². The zero-order chi connectivity index (χ0) is 8.43. The van der Waals surface area contributed by atoms with Gasteiger partial charge < -0.3 is 10.5 Å². The predicted octanol–water partition coefficient (Wildman–Crippen LogP) is 1.85. The van der Waals surface area contributed by atoms with Crippen molar-refractivity contribution in [2.24, 2.45) is 0 Å². The van der Waals surface area contributed by atoms with Crippen LogP contribution in [-0.4, -0.2) is 13.1 Å². The second kappa shape index (κ2) is 4.33. The van der Waals surface area contributed by atoms with Crippen LogP contribution in [0.5, 0.6) is 0 Å². The molecule has 1 aromatic heterocycles. The second-order valence-electron chi connectivity index (χ2n) is 2.15. The third kappa shape index (κ3) is 1.89. The van der Waals surface area contributed by atoms with E-state index in [9.17, 15) is 4.79 Å². The van der Waals surface area contributed by atoms with Crippen molar-refractivity contribution in [1.82, 2.24) is 0 Å². The molecule has 5 heteroatoms. The number of carbonyl (C=O) groups is 1. The summed E-state index contributed by atoms with van der Waals surface area (Å²) >= 11 is 1.31. The van der Waals surface area contributed by atoms with Crippen molar-refractivity contribution in [2.45, 2.75) is 6.92 Å². The number of anilines is 1. The Bertz CT molecular complexity index is 285. The van der Waals surface area contributed by atoms with Crippen LogP contribution in [0.2, 0.25) is 0 Å². The molecule has 0 atom stereocenters. The second-order valence-corrected chi connectivity index (χ2v) is 3.03. The van der Waals surface area contributed by atoms with E-state index in [0.29, 0.717) is 10.6 Å². The maximum atomic E-state index is 11.0. The highest BCUT2D eigenvalue weighted by molar-refractivity contribution is 7.12. The Balaban J connectivity index is 0.00000121. The molecule has 1 rings (SSSR count). The van der Waals surface area contributed by atoms with Gasteiger partial charge in [0.25, 0.3) is 0 Å². The zero-order valence-electron chi connectivity index (χ0n) is 6.79. The molecule has 0 aliphatic heterocycles. The Morgan fingerprint density at radius 1 is 1.67 bits per heavy atom. The van der Waals surface area contributed by atoms with E-state index in [-0.39, 0.29) is 18.4 Å². The number of nitrogens with two attached hydrogens (primary N) is 1. The molecule has 0 aliphatic carbocycles. The van der Waals surface area contributed by atoms with Crippen molar-refractivity contribution in [3.05, 3.63) is 15.8 Å². The summed E-state index contributed by atoms with van der Waals surface area (Å²) in [4.78, 5) is 11.4. The third-order valence-electron chi connectivity index (χ3n) is 1.39. The Morgan fingerprint density at radius 3 is 2.58 bits per heavy atom. The number of nitrogen functional groups attached to an aromatic ring is 1. The molecule has 12 heavy (non-hydrogen) atoms. The highest BCUT2D eigenvalue weighted by Crippen LogP contribution is 2.24. The van der Waals surface area contributed by atoms with Crippen LogP contribution in [0.1, 0.15) is 15.2 Å². The normalized spacial score (nSPS) is 8.83. The van der Waals surface area contributed by atoms with E-state index in [1.807, 2.05) is 12.3 Å². The number of thiophene rings is 1. The van der Waals surface area contributed by atoms with Gasteiger partial charge in [0.15, 0.2) is 0 Å². The molecule has 0 saturated heterocycles. The van der Waals surface area contributed by atoms with Crippen molar-refractivity contribution in [3.8, 4) is 0 Å². The fourth-order valence-corrected chi connectivity index (χ4v) is 1.59. The summed E-state index contributed by atoms with van der Waals surface area (Å²) in [6, 6.07) is 0. The molecule has 3 nitrogen and oxygen atoms in total. The van der Waals surface area contributed by atoms with Crippen LogP contribution < -0.4 is 5.73 Å². The molecule has 0 saturated carbocycles. The van der Waals surface area contributed by atoms with Crippen molar-refractivity contribution >= 4 is 35.4 Å². The number of ether oxygens (including phenoxy) is 1. The molecule has 0 spiro atoms. The number of esters is 1. The number of hydrogen-bond acceptors (Lipinski definition) is 4. The molecule has 1 aromatic rings. The smallest absolute Gasteiger partial charge is 0.350 e. The largest absolute Gasteiger partial charge is 0.465 e. The summed E-state index contributed by atoms with van der Waals surface area (Å²) in [7, 11) is 1.34. The minimum absolute atomic E-state index is 0. The summed E-state index contributed by atoms with van der Waals surface area (Å²) in [6.07, 6.45) is 0. The maximum absolute atomic E-state index is 11.0. The first kappa shape index (κ1) is 11.3. The number of carbonyl (C=O) groups excluding carboxylic acids is 1. The fraction of sp³-hybridized carbons (Fsp3) is 0.286. The standard InChI is InChI=1S/C7H9NO2S.ClH/c1-4-3-11-6(5(4)8)7(9)10-2;/h3H,8H2,1-2H3;1H. The first-order valence-corrected chi connectivity index (χ1v) is 3.96. The Kier molecular flexibility index (Phi) is 4.06. The highest BCUT2D eigenvalue weighted by Gasteiger charge is 2.12. The molecule has 0 aliphatic rings. The quantitative estimate of drug-likeness (QED) is 0.716. The summed E-state index contributed by atoms with van der Waals surface area (Å²) in [6.45, 7) is 1.86. The third-order valence-corrected chi connectivity index (χ3v) is 2.49. The first-order valence-electron chi connectivity index (χ1n) is 3.08. The van der Waals surface area contributed by atoms with Gasteiger partial charge in [0.1, 0.15) is 4.88 Å². The van der Waals surface area contributed by atoms with Crippen molar-refractivity contribution in [2.75, 3.05) is 12.8 Å². The lowest BCUT2D eigenvalue weighted by Gasteiger charge is -1.96. The van der Waals surface area contributed by atoms with Gasteiger partial charge in [0.05, 0.1) is 12.8 Å². The molecular formula is C7H10ClNO2S. The Morgan fingerprint density at radius 2 is 2.25 bits per heavy atom. The van der Waals surface area contributed by atoms with Crippen LogP contribution in [0.15, 0.2) is 5.38 Å². The number of aryl methyl sites for hydroxylation is 1.